The van der Waals surface area contributed by atoms with Gasteiger partial charge in [0.05, 0.1) is 13.5 Å². The minimum atomic E-state index is -0.0626. The van der Waals surface area contributed by atoms with E-state index in [9.17, 15) is 9.59 Å². The summed E-state index contributed by atoms with van der Waals surface area (Å²) in [5, 5.41) is 2.95. The van der Waals surface area contributed by atoms with Crippen LogP contribution in [0.25, 0.3) is 0 Å². The van der Waals surface area contributed by atoms with Crippen molar-refractivity contribution in [1.82, 2.24) is 0 Å². The molecule has 1 aliphatic rings. The fraction of sp³-hybridized carbons (Fsp3) is 0.333. The number of methoxy groups -OCH3 is 1. The highest BCUT2D eigenvalue weighted by Gasteiger charge is 2.21. The molecule has 2 amide bonds. The summed E-state index contributed by atoms with van der Waals surface area (Å²) in [4.78, 5) is 26.3. The van der Waals surface area contributed by atoms with Crippen LogP contribution in [0.15, 0.2) is 42.5 Å². The van der Waals surface area contributed by atoms with E-state index in [1.54, 1.807) is 7.11 Å². The molecule has 5 heteroatoms. The van der Waals surface area contributed by atoms with Gasteiger partial charge in [0.2, 0.25) is 11.8 Å². The van der Waals surface area contributed by atoms with E-state index < -0.39 is 0 Å². The van der Waals surface area contributed by atoms with Gasteiger partial charge in [-0.2, -0.15) is 0 Å². The Balaban J connectivity index is 1.68. The minimum Gasteiger partial charge on any atom is -0.497 e. The van der Waals surface area contributed by atoms with Crippen LogP contribution in [-0.2, 0) is 22.4 Å². The Bertz CT molecular complexity index is 799. The fourth-order valence-electron chi connectivity index (χ4n) is 3.26. The second kappa shape index (κ2) is 8.04. The van der Waals surface area contributed by atoms with Gasteiger partial charge in [-0.1, -0.05) is 19.1 Å². The number of rotatable bonds is 5. The maximum atomic E-state index is 12.3. The predicted octanol–water partition coefficient (Wildman–Crippen LogP) is 3.57. The Labute approximate surface area is 154 Å². The van der Waals surface area contributed by atoms with Crippen LogP contribution in [0.5, 0.6) is 5.75 Å². The van der Waals surface area contributed by atoms with E-state index in [-0.39, 0.29) is 11.8 Å². The summed E-state index contributed by atoms with van der Waals surface area (Å²) >= 11 is 0. The number of aryl methyl sites for hydroxylation is 1. The number of fused-ring (bicyclic) bond motifs is 1. The molecule has 1 heterocycles. The molecule has 0 saturated carbocycles. The quantitative estimate of drug-likeness (QED) is 0.895. The van der Waals surface area contributed by atoms with E-state index in [1.165, 1.54) is 0 Å². The summed E-state index contributed by atoms with van der Waals surface area (Å²) in [7, 11) is 1.62. The lowest BCUT2D eigenvalue weighted by Crippen LogP contribution is -2.34. The first-order valence-corrected chi connectivity index (χ1v) is 8.96. The van der Waals surface area contributed by atoms with Gasteiger partial charge in [-0.25, -0.2) is 0 Å². The Hall–Kier alpha value is -2.82. The van der Waals surface area contributed by atoms with Crippen LogP contribution < -0.4 is 15.0 Å². The summed E-state index contributed by atoms with van der Waals surface area (Å²) in [5.41, 5.74) is 3.78. The predicted molar refractivity (Wildman–Crippen MR) is 103 cm³/mol. The highest BCUT2D eigenvalue weighted by atomic mass is 16.5. The number of anilines is 2. The molecule has 0 unspecified atom stereocenters. The summed E-state index contributed by atoms with van der Waals surface area (Å²) in [6.45, 7) is 2.65. The SMILES string of the molecule is CCC(=O)N1CCCc2cc(NC(=O)Cc3ccc(OC)cc3)ccc21. The molecule has 26 heavy (non-hydrogen) atoms. The zero-order chi connectivity index (χ0) is 18.5. The van der Waals surface area contributed by atoms with Gasteiger partial charge in [0.15, 0.2) is 0 Å². The van der Waals surface area contributed by atoms with Crippen LogP contribution >= 0.6 is 0 Å². The van der Waals surface area contributed by atoms with Crippen molar-refractivity contribution in [1.29, 1.82) is 0 Å². The molecule has 0 saturated heterocycles. The third-order valence-corrected chi connectivity index (χ3v) is 4.61. The molecule has 2 aromatic carbocycles. The first-order valence-electron chi connectivity index (χ1n) is 8.96. The molecule has 0 spiro atoms. The lowest BCUT2D eigenvalue weighted by molar-refractivity contribution is -0.118. The molecular formula is C21H24N2O3. The van der Waals surface area contributed by atoms with E-state index in [1.807, 2.05) is 54.3 Å². The standard InChI is InChI=1S/C21H24N2O3/c1-3-21(25)23-12-4-5-16-14-17(8-11-19(16)23)22-20(24)13-15-6-9-18(26-2)10-7-15/h6-11,14H,3-5,12-13H2,1-2H3,(H,22,24). The van der Waals surface area contributed by atoms with Crippen LogP contribution in [0.2, 0.25) is 0 Å². The molecule has 0 aromatic heterocycles. The molecule has 136 valence electrons. The van der Waals surface area contributed by atoms with Crippen molar-refractivity contribution in [2.24, 2.45) is 0 Å². The lowest BCUT2D eigenvalue weighted by atomic mass is 10.0. The summed E-state index contributed by atoms with van der Waals surface area (Å²) in [6, 6.07) is 13.3. The molecule has 1 N–H and O–H groups in total. The van der Waals surface area contributed by atoms with Gasteiger partial charge in [0.25, 0.3) is 0 Å². The Kier molecular flexibility index (Phi) is 5.56. The van der Waals surface area contributed by atoms with Crippen LogP contribution in [0.1, 0.15) is 30.9 Å². The first-order chi connectivity index (χ1) is 12.6. The van der Waals surface area contributed by atoms with Crippen LogP contribution in [0.3, 0.4) is 0 Å². The number of ether oxygens (including phenoxy) is 1. The third kappa shape index (κ3) is 4.04. The van der Waals surface area contributed by atoms with Gasteiger partial charge in [-0.3, -0.25) is 9.59 Å². The lowest BCUT2D eigenvalue weighted by Gasteiger charge is -2.29. The summed E-state index contributed by atoms with van der Waals surface area (Å²) in [5.74, 6) is 0.852. The highest BCUT2D eigenvalue weighted by molar-refractivity contribution is 5.96. The molecule has 0 aliphatic carbocycles. The van der Waals surface area contributed by atoms with Gasteiger partial charge in [0, 0.05) is 24.3 Å². The van der Waals surface area contributed by atoms with Crippen molar-refractivity contribution < 1.29 is 14.3 Å². The van der Waals surface area contributed by atoms with Gasteiger partial charge < -0.3 is 15.0 Å². The van der Waals surface area contributed by atoms with Crippen molar-refractivity contribution in [3.05, 3.63) is 53.6 Å². The number of benzene rings is 2. The third-order valence-electron chi connectivity index (χ3n) is 4.61. The van der Waals surface area contributed by atoms with E-state index in [0.29, 0.717) is 12.8 Å². The number of amides is 2. The van der Waals surface area contributed by atoms with E-state index in [0.717, 1.165) is 47.6 Å². The molecule has 0 fully saturated rings. The second-order valence-electron chi connectivity index (χ2n) is 6.42. The van der Waals surface area contributed by atoms with Gasteiger partial charge in [-0.05, 0) is 54.3 Å². The van der Waals surface area contributed by atoms with Crippen LogP contribution in [0, 0.1) is 0 Å². The van der Waals surface area contributed by atoms with Crippen molar-refractivity contribution in [3.63, 3.8) is 0 Å². The molecule has 0 radical (unpaired) electrons. The monoisotopic (exact) mass is 352 g/mol. The average Bonchev–Trinajstić information content (AvgIpc) is 2.67. The minimum absolute atomic E-state index is 0.0626. The maximum absolute atomic E-state index is 12.3. The molecule has 0 bridgehead atoms. The molecule has 0 atom stereocenters. The highest BCUT2D eigenvalue weighted by Crippen LogP contribution is 2.30. The molecule has 5 nitrogen and oxygen atoms in total. The zero-order valence-corrected chi connectivity index (χ0v) is 15.2. The number of hydrogen-bond acceptors (Lipinski definition) is 3. The maximum Gasteiger partial charge on any atom is 0.228 e. The molecule has 1 aliphatic heterocycles. The number of nitrogens with zero attached hydrogens (tertiary/aromatic N) is 1. The number of carbonyl (C=O) groups is 2. The van der Waals surface area contributed by atoms with E-state index in [2.05, 4.69) is 5.32 Å². The van der Waals surface area contributed by atoms with E-state index >= 15 is 0 Å². The topological polar surface area (TPSA) is 58.6 Å². The fourth-order valence-corrected chi connectivity index (χ4v) is 3.26. The summed E-state index contributed by atoms with van der Waals surface area (Å²) < 4.78 is 5.13. The Morgan fingerprint density at radius 3 is 2.62 bits per heavy atom. The van der Waals surface area contributed by atoms with Crippen molar-refractivity contribution in [2.45, 2.75) is 32.6 Å². The largest absolute Gasteiger partial charge is 0.497 e. The smallest absolute Gasteiger partial charge is 0.228 e. The van der Waals surface area contributed by atoms with E-state index in [4.69, 9.17) is 4.74 Å². The van der Waals surface area contributed by atoms with Crippen molar-refractivity contribution >= 4 is 23.2 Å². The molecule has 2 aromatic rings. The van der Waals surface area contributed by atoms with Crippen LogP contribution in [-0.4, -0.2) is 25.5 Å². The summed E-state index contributed by atoms with van der Waals surface area (Å²) in [6.07, 6.45) is 2.67. The van der Waals surface area contributed by atoms with Gasteiger partial charge in [-0.15, -0.1) is 0 Å². The number of hydrogen-bond donors (Lipinski definition) is 1. The number of carbonyl (C=O) groups excluding carboxylic acids is 2. The Morgan fingerprint density at radius 1 is 1.15 bits per heavy atom. The molecular weight excluding hydrogens is 328 g/mol. The normalized spacial score (nSPS) is 13.1. The van der Waals surface area contributed by atoms with Crippen LogP contribution in [0.4, 0.5) is 11.4 Å². The van der Waals surface area contributed by atoms with Gasteiger partial charge >= 0.3 is 0 Å². The van der Waals surface area contributed by atoms with Crippen molar-refractivity contribution in [2.75, 3.05) is 23.9 Å². The average molecular weight is 352 g/mol. The Morgan fingerprint density at radius 2 is 1.92 bits per heavy atom. The van der Waals surface area contributed by atoms with Gasteiger partial charge in [0.1, 0.15) is 5.75 Å². The van der Waals surface area contributed by atoms with Crippen molar-refractivity contribution in [3.8, 4) is 5.75 Å². The number of nitrogens with one attached hydrogen (secondary N) is 1. The first kappa shape index (κ1) is 18.0. The second-order valence-corrected chi connectivity index (χ2v) is 6.42. The molecule has 3 rings (SSSR count). The zero-order valence-electron chi connectivity index (χ0n) is 15.2.